The van der Waals surface area contributed by atoms with E-state index < -0.39 is 0 Å². The smallest absolute Gasteiger partial charge is 0.0317 e. The van der Waals surface area contributed by atoms with E-state index in [1.165, 1.54) is 11.1 Å². The Kier molecular flexibility index (Phi) is 7.27. The maximum atomic E-state index is 5.88. The van der Waals surface area contributed by atoms with Gasteiger partial charge in [-0.05, 0) is 36.6 Å². The molecule has 0 aliphatic rings. The minimum Gasteiger partial charge on any atom is -0.399 e. The first-order valence-corrected chi connectivity index (χ1v) is 7.31. The zero-order valence-electron chi connectivity index (χ0n) is 12.8. The van der Waals surface area contributed by atoms with Crippen LogP contribution in [0.25, 0.3) is 0 Å². The second-order valence-corrected chi connectivity index (χ2v) is 5.39. The summed E-state index contributed by atoms with van der Waals surface area (Å²) in [6.45, 7) is 6.44. The Bertz CT molecular complexity index is 528. The van der Waals surface area contributed by atoms with Crippen LogP contribution in [-0.2, 0) is 13.1 Å². The number of nitrogens with zero attached hydrogens (tertiary/aromatic N) is 1. The van der Waals surface area contributed by atoms with Crippen LogP contribution in [0, 0.1) is 0 Å². The predicted octanol–water partition coefficient (Wildman–Crippen LogP) is 4.49. The lowest BCUT2D eigenvalue weighted by Crippen LogP contribution is -2.31. The van der Waals surface area contributed by atoms with Crippen molar-refractivity contribution in [2.24, 2.45) is 0 Å². The molecule has 2 aromatic carbocycles. The fraction of sp³-hybridized carbons (Fsp3) is 0.333. The third-order valence-electron chi connectivity index (χ3n) is 3.78. The van der Waals surface area contributed by atoms with Crippen LogP contribution < -0.4 is 5.73 Å². The highest BCUT2D eigenvalue weighted by molar-refractivity contribution is 5.85. The van der Waals surface area contributed by atoms with Crippen molar-refractivity contribution in [3.05, 3.63) is 65.7 Å². The van der Waals surface area contributed by atoms with Gasteiger partial charge in [-0.1, -0.05) is 49.4 Å². The van der Waals surface area contributed by atoms with E-state index in [0.717, 1.165) is 25.2 Å². The highest BCUT2D eigenvalue weighted by atomic mass is 35.5. The van der Waals surface area contributed by atoms with Crippen molar-refractivity contribution < 1.29 is 0 Å². The number of nitrogens with two attached hydrogens (primary N) is 1. The first-order chi connectivity index (χ1) is 9.69. The molecule has 0 bridgehead atoms. The summed E-state index contributed by atoms with van der Waals surface area (Å²) < 4.78 is 0. The maximum Gasteiger partial charge on any atom is 0.0317 e. The molecule has 0 heterocycles. The molecule has 0 aromatic heterocycles. The van der Waals surface area contributed by atoms with Crippen LogP contribution >= 0.6 is 12.4 Å². The number of rotatable bonds is 6. The Balaban J connectivity index is 0.00000220. The minimum absolute atomic E-state index is 0. The van der Waals surface area contributed by atoms with E-state index in [-0.39, 0.29) is 12.4 Å². The van der Waals surface area contributed by atoms with Crippen LogP contribution in [0.1, 0.15) is 31.4 Å². The van der Waals surface area contributed by atoms with Crippen molar-refractivity contribution in [1.82, 2.24) is 4.90 Å². The molecule has 21 heavy (non-hydrogen) atoms. The third kappa shape index (κ3) is 5.41. The molecule has 0 saturated heterocycles. The Hall–Kier alpha value is -1.51. The molecule has 2 nitrogen and oxygen atoms in total. The zero-order valence-corrected chi connectivity index (χ0v) is 13.6. The molecule has 2 rings (SSSR count). The second kappa shape index (κ2) is 8.71. The average molecular weight is 305 g/mol. The fourth-order valence-corrected chi connectivity index (χ4v) is 2.37. The van der Waals surface area contributed by atoms with Gasteiger partial charge < -0.3 is 5.73 Å². The Morgan fingerprint density at radius 3 is 2.19 bits per heavy atom. The quantitative estimate of drug-likeness (QED) is 0.797. The van der Waals surface area contributed by atoms with E-state index in [2.05, 4.69) is 61.2 Å². The van der Waals surface area contributed by atoms with Gasteiger partial charge in [-0.15, -0.1) is 12.4 Å². The molecule has 1 unspecified atom stereocenters. The van der Waals surface area contributed by atoms with Crippen molar-refractivity contribution >= 4 is 18.1 Å². The summed E-state index contributed by atoms with van der Waals surface area (Å²) in [5.74, 6) is 0. The molecule has 2 N–H and O–H groups in total. The molecule has 0 saturated carbocycles. The Morgan fingerprint density at radius 2 is 1.57 bits per heavy atom. The van der Waals surface area contributed by atoms with E-state index in [4.69, 9.17) is 5.73 Å². The summed E-state index contributed by atoms with van der Waals surface area (Å²) in [6.07, 6.45) is 1.15. The molecular formula is C18H25ClN2. The molecule has 1 atom stereocenters. The molecule has 114 valence electrons. The van der Waals surface area contributed by atoms with Crippen molar-refractivity contribution in [2.75, 3.05) is 5.73 Å². The van der Waals surface area contributed by atoms with Gasteiger partial charge in [0.25, 0.3) is 0 Å². The van der Waals surface area contributed by atoms with E-state index in [9.17, 15) is 0 Å². The Morgan fingerprint density at radius 1 is 0.952 bits per heavy atom. The largest absolute Gasteiger partial charge is 0.399 e. The summed E-state index contributed by atoms with van der Waals surface area (Å²) >= 11 is 0. The van der Waals surface area contributed by atoms with E-state index in [0.29, 0.717) is 6.04 Å². The van der Waals surface area contributed by atoms with Crippen LogP contribution in [0.4, 0.5) is 5.69 Å². The van der Waals surface area contributed by atoms with Crippen LogP contribution in [0.3, 0.4) is 0 Å². The first kappa shape index (κ1) is 17.5. The highest BCUT2D eigenvalue weighted by Crippen LogP contribution is 2.16. The van der Waals surface area contributed by atoms with Crippen molar-refractivity contribution in [3.63, 3.8) is 0 Å². The lowest BCUT2D eigenvalue weighted by Gasteiger charge is -2.28. The number of halogens is 1. The summed E-state index contributed by atoms with van der Waals surface area (Å²) in [7, 11) is 0. The summed E-state index contributed by atoms with van der Waals surface area (Å²) in [6, 6.07) is 19.4. The maximum absolute atomic E-state index is 5.88. The highest BCUT2D eigenvalue weighted by Gasteiger charge is 2.13. The van der Waals surface area contributed by atoms with Gasteiger partial charge in [-0.3, -0.25) is 4.90 Å². The number of benzene rings is 2. The SMILES string of the molecule is CCC(C)N(Cc1ccccc1)Cc1cccc(N)c1.Cl. The van der Waals surface area contributed by atoms with E-state index >= 15 is 0 Å². The Labute approximate surface area is 134 Å². The van der Waals surface area contributed by atoms with Gasteiger partial charge >= 0.3 is 0 Å². The van der Waals surface area contributed by atoms with Gasteiger partial charge in [0, 0.05) is 24.8 Å². The van der Waals surface area contributed by atoms with Crippen LogP contribution in [0.5, 0.6) is 0 Å². The number of hydrogen-bond acceptors (Lipinski definition) is 2. The normalized spacial score (nSPS) is 12.0. The zero-order chi connectivity index (χ0) is 14.4. The average Bonchev–Trinajstić information content (AvgIpc) is 2.47. The molecule has 0 aliphatic heterocycles. The second-order valence-electron chi connectivity index (χ2n) is 5.39. The van der Waals surface area contributed by atoms with Crippen LogP contribution in [0.2, 0.25) is 0 Å². The lowest BCUT2D eigenvalue weighted by atomic mass is 10.1. The molecule has 2 aromatic rings. The van der Waals surface area contributed by atoms with Gasteiger partial charge in [0.2, 0.25) is 0 Å². The standard InChI is InChI=1S/C18H24N2.ClH/c1-3-15(2)20(13-16-8-5-4-6-9-16)14-17-10-7-11-18(19)12-17;/h4-12,15H,3,13-14,19H2,1-2H3;1H. The van der Waals surface area contributed by atoms with Crippen LogP contribution in [0.15, 0.2) is 54.6 Å². The lowest BCUT2D eigenvalue weighted by molar-refractivity contribution is 0.186. The topological polar surface area (TPSA) is 29.3 Å². The monoisotopic (exact) mass is 304 g/mol. The molecule has 0 fully saturated rings. The van der Waals surface area contributed by atoms with Gasteiger partial charge in [0.1, 0.15) is 0 Å². The summed E-state index contributed by atoms with van der Waals surface area (Å²) in [5, 5.41) is 0. The number of anilines is 1. The molecule has 0 aliphatic carbocycles. The molecule has 0 radical (unpaired) electrons. The number of nitrogen functional groups attached to an aromatic ring is 1. The third-order valence-corrected chi connectivity index (χ3v) is 3.78. The minimum atomic E-state index is 0. The summed E-state index contributed by atoms with van der Waals surface area (Å²) in [5.41, 5.74) is 9.35. The van der Waals surface area contributed by atoms with Crippen molar-refractivity contribution in [3.8, 4) is 0 Å². The fourth-order valence-electron chi connectivity index (χ4n) is 2.37. The molecular weight excluding hydrogens is 280 g/mol. The van der Waals surface area contributed by atoms with Gasteiger partial charge in [-0.25, -0.2) is 0 Å². The van der Waals surface area contributed by atoms with Crippen LogP contribution in [-0.4, -0.2) is 10.9 Å². The van der Waals surface area contributed by atoms with Gasteiger partial charge in [0.15, 0.2) is 0 Å². The van der Waals surface area contributed by atoms with E-state index in [1.807, 2.05) is 12.1 Å². The summed E-state index contributed by atoms with van der Waals surface area (Å²) in [4.78, 5) is 2.50. The molecule has 3 heteroatoms. The van der Waals surface area contributed by atoms with Gasteiger partial charge in [0.05, 0.1) is 0 Å². The molecule has 0 amide bonds. The first-order valence-electron chi connectivity index (χ1n) is 7.31. The van der Waals surface area contributed by atoms with Gasteiger partial charge in [-0.2, -0.15) is 0 Å². The molecule has 0 spiro atoms. The number of hydrogen-bond donors (Lipinski definition) is 1. The van der Waals surface area contributed by atoms with Crippen molar-refractivity contribution in [1.29, 1.82) is 0 Å². The predicted molar refractivity (Wildman–Crippen MR) is 93.5 cm³/mol. The van der Waals surface area contributed by atoms with Crippen molar-refractivity contribution in [2.45, 2.75) is 39.4 Å². The van der Waals surface area contributed by atoms with E-state index in [1.54, 1.807) is 0 Å².